The summed E-state index contributed by atoms with van der Waals surface area (Å²) in [5, 5.41) is 12.5. The van der Waals surface area contributed by atoms with E-state index in [1.165, 1.54) is 11.0 Å². The van der Waals surface area contributed by atoms with Gasteiger partial charge in [-0.05, 0) is 17.7 Å². The molecule has 0 spiro atoms. The van der Waals surface area contributed by atoms with E-state index in [2.05, 4.69) is 12.2 Å². The van der Waals surface area contributed by atoms with Crippen LogP contribution in [0, 0.1) is 5.92 Å². The number of urea groups is 1. The molecule has 106 valence electrons. The molecule has 0 bridgehead atoms. The van der Waals surface area contributed by atoms with E-state index >= 15 is 0 Å². The third-order valence-corrected chi connectivity index (χ3v) is 5.22. The lowest BCUT2D eigenvalue weighted by molar-refractivity contribution is -0.129. The molecule has 2 saturated heterocycles. The van der Waals surface area contributed by atoms with Gasteiger partial charge in [-0.3, -0.25) is 9.69 Å². The van der Waals surface area contributed by atoms with E-state index in [9.17, 15) is 14.7 Å². The molecule has 5 nitrogen and oxygen atoms in total. The Morgan fingerprint density at radius 2 is 2.05 bits per heavy atom. The second-order valence-corrected chi connectivity index (χ2v) is 6.31. The van der Waals surface area contributed by atoms with Crippen molar-refractivity contribution in [2.24, 2.45) is 5.92 Å². The Morgan fingerprint density at radius 3 is 2.70 bits per heavy atom. The molecule has 2 fully saturated rings. The Kier molecular flexibility index (Phi) is 3.33. The van der Waals surface area contributed by atoms with Gasteiger partial charge < -0.3 is 10.4 Å². The van der Waals surface area contributed by atoms with Gasteiger partial charge in [-0.25, -0.2) is 4.79 Å². The van der Waals surface area contributed by atoms with E-state index in [1.807, 2.05) is 0 Å². The summed E-state index contributed by atoms with van der Waals surface area (Å²) in [7, 11) is 0. The third-order valence-electron chi connectivity index (χ3n) is 3.88. The lowest BCUT2D eigenvalue weighted by Gasteiger charge is -2.24. The average Bonchev–Trinajstić information content (AvgIpc) is 2.94. The fourth-order valence-corrected chi connectivity index (χ4v) is 4.18. The maximum Gasteiger partial charge on any atom is 0.325 e. The lowest BCUT2D eigenvalue weighted by atomic mass is 10.0. The quantitative estimate of drug-likeness (QED) is 0.815. The van der Waals surface area contributed by atoms with Crippen molar-refractivity contribution in [2.75, 3.05) is 11.5 Å². The number of hydrogen-bond donors (Lipinski definition) is 2. The first kappa shape index (κ1) is 13.3. The predicted molar refractivity (Wildman–Crippen MR) is 76.5 cm³/mol. The zero-order chi connectivity index (χ0) is 14.3. The molecule has 0 radical (unpaired) electrons. The highest BCUT2D eigenvalue weighted by atomic mass is 32.2. The number of carbonyl (C=O) groups is 2. The van der Waals surface area contributed by atoms with Gasteiger partial charge in [0.25, 0.3) is 5.91 Å². The summed E-state index contributed by atoms with van der Waals surface area (Å²) in [6.45, 7) is 2.05. The van der Waals surface area contributed by atoms with Crippen LogP contribution in [-0.4, -0.2) is 39.5 Å². The van der Waals surface area contributed by atoms with Crippen LogP contribution in [0.4, 0.5) is 4.79 Å². The maximum atomic E-state index is 12.5. The maximum absolute atomic E-state index is 12.5. The van der Waals surface area contributed by atoms with Crippen LogP contribution < -0.4 is 5.32 Å². The minimum Gasteiger partial charge on any atom is -0.508 e. The lowest BCUT2D eigenvalue weighted by Crippen LogP contribution is -2.43. The number of benzene rings is 1. The Balaban J connectivity index is 1.89. The first-order valence-electron chi connectivity index (χ1n) is 6.59. The topological polar surface area (TPSA) is 69.6 Å². The second-order valence-electron chi connectivity index (χ2n) is 5.23. The van der Waals surface area contributed by atoms with Crippen LogP contribution in [0.1, 0.15) is 18.5 Å². The van der Waals surface area contributed by atoms with Crippen LogP contribution in [0.25, 0.3) is 0 Å². The van der Waals surface area contributed by atoms with Gasteiger partial charge in [-0.1, -0.05) is 25.1 Å². The smallest absolute Gasteiger partial charge is 0.325 e. The molecule has 20 heavy (non-hydrogen) atoms. The SMILES string of the molecule is CC1CSCC1N1C(=O)NC(c2ccccc2O)C1=O. The molecule has 3 rings (SSSR count). The summed E-state index contributed by atoms with van der Waals surface area (Å²) in [5.41, 5.74) is 0.451. The summed E-state index contributed by atoms with van der Waals surface area (Å²) in [5.74, 6) is 1.81. The highest BCUT2D eigenvalue weighted by Gasteiger charge is 2.46. The molecule has 1 aromatic carbocycles. The van der Waals surface area contributed by atoms with Gasteiger partial charge in [0.1, 0.15) is 11.8 Å². The molecular weight excluding hydrogens is 276 g/mol. The number of thioether (sulfide) groups is 1. The normalized spacial score (nSPS) is 29.9. The summed E-state index contributed by atoms with van der Waals surface area (Å²) in [4.78, 5) is 26.0. The summed E-state index contributed by atoms with van der Waals surface area (Å²) < 4.78 is 0. The number of nitrogens with one attached hydrogen (secondary N) is 1. The molecule has 3 amide bonds. The van der Waals surface area contributed by atoms with Crippen LogP contribution >= 0.6 is 11.8 Å². The summed E-state index contributed by atoms with van der Waals surface area (Å²) in [6.07, 6.45) is 0. The first-order chi connectivity index (χ1) is 9.59. The largest absolute Gasteiger partial charge is 0.508 e. The zero-order valence-electron chi connectivity index (χ0n) is 11.1. The van der Waals surface area contributed by atoms with Gasteiger partial charge in [-0.15, -0.1) is 0 Å². The van der Waals surface area contributed by atoms with Gasteiger partial charge in [0, 0.05) is 11.3 Å². The second kappa shape index (κ2) is 5.01. The molecule has 6 heteroatoms. The van der Waals surface area contributed by atoms with Crippen LogP contribution in [0.15, 0.2) is 24.3 Å². The molecular formula is C14H16N2O3S. The monoisotopic (exact) mass is 292 g/mol. The molecule has 2 heterocycles. The van der Waals surface area contributed by atoms with Crippen LogP contribution in [0.3, 0.4) is 0 Å². The fraction of sp³-hybridized carbons (Fsp3) is 0.429. The van der Waals surface area contributed by atoms with Gasteiger partial charge in [0.2, 0.25) is 0 Å². The van der Waals surface area contributed by atoms with Crippen molar-refractivity contribution in [1.82, 2.24) is 10.2 Å². The zero-order valence-corrected chi connectivity index (χ0v) is 11.9. The van der Waals surface area contributed by atoms with Crippen molar-refractivity contribution in [2.45, 2.75) is 19.0 Å². The summed E-state index contributed by atoms with van der Waals surface area (Å²) >= 11 is 1.76. The number of imide groups is 1. The Morgan fingerprint density at radius 1 is 1.30 bits per heavy atom. The number of rotatable bonds is 2. The molecule has 0 saturated carbocycles. The minimum atomic E-state index is -0.776. The van der Waals surface area contributed by atoms with Crippen molar-refractivity contribution < 1.29 is 14.7 Å². The standard InChI is InChI=1S/C14H16N2O3S/c1-8-6-20-7-10(8)16-13(18)12(15-14(16)19)9-4-2-3-5-11(9)17/h2-5,8,10,12,17H,6-7H2,1H3,(H,15,19). The number of phenols is 1. The highest BCUT2D eigenvalue weighted by molar-refractivity contribution is 7.99. The highest BCUT2D eigenvalue weighted by Crippen LogP contribution is 2.34. The van der Waals surface area contributed by atoms with Crippen molar-refractivity contribution in [3.63, 3.8) is 0 Å². The molecule has 3 unspecified atom stereocenters. The third kappa shape index (κ3) is 2.04. The molecule has 3 atom stereocenters. The first-order valence-corrected chi connectivity index (χ1v) is 7.74. The number of phenolic OH excluding ortho intramolecular Hbond substituents is 1. The number of hydrogen-bond acceptors (Lipinski definition) is 4. The van der Waals surface area contributed by atoms with Crippen molar-refractivity contribution >= 4 is 23.7 Å². The fourth-order valence-electron chi connectivity index (χ4n) is 2.73. The van der Waals surface area contributed by atoms with Crippen molar-refractivity contribution in [1.29, 1.82) is 0 Å². The van der Waals surface area contributed by atoms with E-state index < -0.39 is 6.04 Å². The average molecular weight is 292 g/mol. The minimum absolute atomic E-state index is 0.0295. The van der Waals surface area contributed by atoms with Crippen LogP contribution in [0.2, 0.25) is 0 Å². The molecule has 2 aliphatic rings. The molecule has 2 aliphatic heterocycles. The number of para-hydroxylation sites is 1. The van der Waals surface area contributed by atoms with E-state index in [1.54, 1.807) is 30.0 Å². The predicted octanol–water partition coefficient (Wildman–Crippen LogP) is 1.74. The Labute approximate surface area is 121 Å². The van der Waals surface area contributed by atoms with E-state index in [-0.39, 0.29) is 23.7 Å². The molecule has 2 N–H and O–H groups in total. The van der Waals surface area contributed by atoms with Gasteiger partial charge in [0.15, 0.2) is 0 Å². The van der Waals surface area contributed by atoms with Crippen LogP contribution in [-0.2, 0) is 4.79 Å². The number of aromatic hydroxyl groups is 1. The Bertz CT molecular complexity index is 563. The summed E-state index contributed by atoms with van der Waals surface area (Å²) in [6, 6.07) is 5.42. The number of carbonyl (C=O) groups excluding carboxylic acids is 2. The van der Waals surface area contributed by atoms with Gasteiger partial charge in [0.05, 0.1) is 6.04 Å². The number of nitrogens with zero attached hydrogens (tertiary/aromatic N) is 1. The van der Waals surface area contributed by atoms with Gasteiger partial charge >= 0.3 is 6.03 Å². The molecule has 1 aromatic rings. The van der Waals surface area contributed by atoms with Crippen LogP contribution in [0.5, 0.6) is 5.75 Å². The Hall–Kier alpha value is -1.69. The molecule has 0 aliphatic carbocycles. The van der Waals surface area contributed by atoms with E-state index in [4.69, 9.17) is 0 Å². The number of amides is 3. The molecule has 0 aromatic heterocycles. The van der Waals surface area contributed by atoms with Gasteiger partial charge in [-0.2, -0.15) is 11.8 Å². The van der Waals surface area contributed by atoms with E-state index in [0.29, 0.717) is 11.5 Å². The van der Waals surface area contributed by atoms with E-state index in [0.717, 1.165) is 11.5 Å². The van der Waals surface area contributed by atoms with Crippen molar-refractivity contribution in [3.05, 3.63) is 29.8 Å². The van der Waals surface area contributed by atoms with Crippen molar-refractivity contribution in [3.8, 4) is 5.75 Å².